The minimum absolute atomic E-state index is 0.421. The van der Waals surface area contributed by atoms with Crippen molar-refractivity contribution in [2.24, 2.45) is 5.92 Å². The van der Waals surface area contributed by atoms with Crippen LogP contribution in [0, 0.1) is 5.92 Å². The van der Waals surface area contributed by atoms with Crippen molar-refractivity contribution >= 4 is 0 Å². The lowest BCUT2D eigenvalue weighted by atomic mass is 10.2. The highest BCUT2D eigenvalue weighted by Gasteiger charge is 2.31. The second-order valence-corrected chi connectivity index (χ2v) is 5.20. The van der Waals surface area contributed by atoms with Gasteiger partial charge < -0.3 is 19.5 Å². The SMILES string of the molecule is CCCNC(COc1c(OC)cccc1OC)C1CC1. The first-order valence-electron chi connectivity index (χ1n) is 7.37. The van der Waals surface area contributed by atoms with Crippen molar-refractivity contribution in [1.82, 2.24) is 5.32 Å². The molecule has 1 N–H and O–H groups in total. The van der Waals surface area contributed by atoms with Crippen LogP contribution >= 0.6 is 0 Å². The first-order chi connectivity index (χ1) is 9.80. The predicted octanol–water partition coefficient (Wildman–Crippen LogP) is 2.86. The van der Waals surface area contributed by atoms with Crippen molar-refractivity contribution in [3.8, 4) is 17.2 Å². The second-order valence-electron chi connectivity index (χ2n) is 5.20. The van der Waals surface area contributed by atoms with E-state index in [1.54, 1.807) is 14.2 Å². The van der Waals surface area contributed by atoms with E-state index in [-0.39, 0.29) is 0 Å². The number of methoxy groups -OCH3 is 2. The van der Waals surface area contributed by atoms with Gasteiger partial charge in [0.25, 0.3) is 0 Å². The van der Waals surface area contributed by atoms with E-state index in [4.69, 9.17) is 14.2 Å². The van der Waals surface area contributed by atoms with Crippen LogP contribution in [0.2, 0.25) is 0 Å². The zero-order valence-electron chi connectivity index (χ0n) is 12.6. The summed E-state index contributed by atoms with van der Waals surface area (Å²) in [5.41, 5.74) is 0. The molecular weight excluding hydrogens is 254 g/mol. The first-order valence-corrected chi connectivity index (χ1v) is 7.37. The van der Waals surface area contributed by atoms with Gasteiger partial charge in [0.05, 0.1) is 14.2 Å². The topological polar surface area (TPSA) is 39.7 Å². The van der Waals surface area contributed by atoms with Gasteiger partial charge in [0.1, 0.15) is 6.61 Å². The highest BCUT2D eigenvalue weighted by atomic mass is 16.5. The molecule has 0 aromatic heterocycles. The van der Waals surface area contributed by atoms with Gasteiger partial charge in [0.2, 0.25) is 5.75 Å². The standard InChI is InChI=1S/C16H25NO3/c1-4-10-17-13(12-8-9-12)11-20-16-14(18-2)6-5-7-15(16)19-3/h5-7,12-13,17H,4,8-11H2,1-3H3. The number of benzene rings is 1. The highest BCUT2D eigenvalue weighted by molar-refractivity contribution is 5.51. The normalized spacial score (nSPS) is 15.8. The number of nitrogens with one attached hydrogen (secondary N) is 1. The Bertz CT molecular complexity index is 396. The third-order valence-electron chi connectivity index (χ3n) is 3.64. The van der Waals surface area contributed by atoms with Gasteiger partial charge in [-0.2, -0.15) is 0 Å². The summed E-state index contributed by atoms with van der Waals surface area (Å²) in [6.45, 7) is 3.87. The minimum atomic E-state index is 0.421. The van der Waals surface area contributed by atoms with Gasteiger partial charge in [0.15, 0.2) is 11.5 Å². The largest absolute Gasteiger partial charge is 0.493 e. The molecule has 1 aromatic rings. The van der Waals surface area contributed by atoms with E-state index in [9.17, 15) is 0 Å². The molecule has 112 valence electrons. The lowest BCUT2D eigenvalue weighted by Gasteiger charge is -2.20. The quantitative estimate of drug-likeness (QED) is 0.754. The molecular formula is C16H25NO3. The summed E-state index contributed by atoms with van der Waals surface area (Å²) in [5, 5.41) is 3.57. The van der Waals surface area contributed by atoms with Gasteiger partial charge >= 0.3 is 0 Å². The van der Waals surface area contributed by atoms with E-state index in [1.807, 2.05) is 18.2 Å². The molecule has 0 radical (unpaired) electrons. The smallest absolute Gasteiger partial charge is 0.203 e. The van der Waals surface area contributed by atoms with Crippen LogP contribution in [-0.4, -0.2) is 33.4 Å². The molecule has 0 spiro atoms. The summed E-state index contributed by atoms with van der Waals surface area (Å²) in [5.74, 6) is 2.88. The van der Waals surface area contributed by atoms with E-state index >= 15 is 0 Å². The van der Waals surface area contributed by atoms with Crippen LogP contribution in [0.5, 0.6) is 17.2 Å². The summed E-state index contributed by atoms with van der Waals surface area (Å²) in [4.78, 5) is 0. The van der Waals surface area contributed by atoms with Gasteiger partial charge in [0, 0.05) is 6.04 Å². The van der Waals surface area contributed by atoms with Crippen LogP contribution in [0.15, 0.2) is 18.2 Å². The molecule has 20 heavy (non-hydrogen) atoms. The fourth-order valence-corrected chi connectivity index (χ4v) is 2.32. The van der Waals surface area contributed by atoms with Crippen molar-refractivity contribution in [2.75, 3.05) is 27.4 Å². The molecule has 1 atom stereocenters. The third-order valence-corrected chi connectivity index (χ3v) is 3.64. The van der Waals surface area contributed by atoms with Crippen molar-refractivity contribution in [2.45, 2.75) is 32.2 Å². The Morgan fingerprint density at radius 3 is 2.35 bits per heavy atom. The lowest BCUT2D eigenvalue weighted by molar-refractivity contribution is 0.228. The van der Waals surface area contributed by atoms with Gasteiger partial charge in [-0.1, -0.05) is 13.0 Å². The van der Waals surface area contributed by atoms with Crippen LogP contribution in [-0.2, 0) is 0 Å². The molecule has 0 amide bonds. The molecule has 4 nitrogen and oxygen atoms in total. The number of hydrogen-bond acceptors (Lipinski definition) is 4. The van der Waals surface area contributed by atoms with E-state index < -0.39 is 0 Å². The monoisotopic (exact) mass is 279 g/mol. The number of rotatable bonds is 9. The Labute approximate surface area is 121 Å². The van der Waals surface area contributed by atoms with E-state index in [0.717, 1.165) is 30.4 Å². The van der Waals surface area contributed by atoms with Gasteiger partial charge in [-0.15, -0.1) is 0 Å². The molecule has 0 saturated heterocycles. The summed E-state index contributed by atoms with van der Waals surface area (Å²) in [6, 6.07) is 6.11. The molecule has 0 bridgehead atoms. The van der Waals surface area contributed by atoms with Gasteiger partial charge in [-0.05, 0) is 43.9 Å². The van der Waals surface area contributed by atoms with E-state index in [2.05, 4.69) is 12.2 Å². The van der Waals surface area contributed by atoms with Crippen molar-refractivity contribution < 1.29 is 14.2 Å². The second kappa shape index (κ2) is 7.39. The number of para-hydroxylation sites is 1. The zero-order chi connectivity index (χ0) is 14.4. The molecule has 4 heteroatoms. The van der Waals surface area contributed by atoms with Crippen LogP contribution < -0.4 is 19.5 Å². The van der Waals surface area contributed by atoms with Crippen molar-refractivity contribution in [3.05, 3.63) is 18.2 Å². The Kier molecular flexibility index (Phi) is 5.53. The molecule has 1 fully saturated rings. The molecule has 0 aliphatic heterocycles. The van der Waals surface area contributed by atoms with Crippen molar-refractivity contribution in [3.63, 3.8) is 0 Å². The maximum Gasteiger partial charge on any atom is 0.203 e. The Morgan fingerprint density at radius 2 is 1.85 bits per heavy atom. The summed E-state index contributed by atoms with van der Waals surface area (Å²) < 4.78 is 16.7. The zero-order valence-corrected chi connectivity index (χ0v) is 12.6. The average molecular weight is 279 g/mol. The molecule has 1 aliphatic rings. The minimum Gasteiger partial charge on any atom is -0.493 e. The molecule has 1 aromatic carbocycles. The number of ether oxygens (including phenoxy) is 3. The van der Waals surface area contributed by atoms with Crippen LogP contribution in [0.4, 0.5) is 0 Å². The summed E-state index contributed by atoms with van der Waals surface area (Å²) in [7, 11) is 3.30. The average Bonchev–Trinajstić information content (AvgIpc) is 3.31. The fraction of sp³-hybridized carbons (Fsp3) is 0.625. The molecule has 1 aliphatic carbocycles. The maximum absolute atomic E-state index is 6.00. The predicted molar refractivity (Wildman–Crippen MR) is 79.8 cm³/mol. The van der Waals surface area contributed by atoms with E-state index in [1.165, 1.54) is 12.8 Å². The molecule has 0 heterocycles. The highest BCUT2D eigenvalue weighted by Crippen LogP contribution is 2.38. The van der Waals surface area contributed by atoms with Crippen LogP contribution in [0.25, 0.3) is 0 Å². The van der Waals surface area contributed by atoms with Gasteiger partial charge in [-0.3, -0.25) is 0 Å². The van der Waals surface area contributed by atoms with E-state index in [0.29, 0.717) is 18.4 Å². The summed E-state index contributed by atoms with van der Waals surface area (Å²) in [6.07, 6.45) is 3.74. The lowest BCUT2D eigenvalue weighted by Crippen LogP contribution is -2.37. The van der Waals surface area contributed by atoms with Crippen molar-refractivity contribution in [1.29, 1.82) is 0 Å². The molecule has 2 rings (SSSR count). The Balaban J connectivity index is 2.01. The molecule has 1 saturated carbocycles. The summed E-state index contributed by atoms with van der Waals surface area (Å²) >= 11 is 0. The first kappa shape index (κ1) is 15.0. The molecule has 1 unspecified atom stereocenters. The van der Waals surface area contributed by atoms with Crippen LogP contribution in [0.1, 0.15) is 26.2 Å². The van der Waals surface area contributed by atoms with Crippen LogP contribution in [0.3, 0.4) is 0 Å². The fourth-order valence-electron chi connectivity index (χ4n) is 2.32. The van der Waals surface area contributed by atoms with Gasteiger partial charge in [-0.25, -0.2) is 0 Å². The third kappa shape index (κ3) is 3.79. The maximum atomic E-state index is 6.00. The Hall–Kier alpha value is -1.42. The Morgan fingerprint density at radius 1 is 1.20 bits per heavy atom. The number of hydrogen-bond donors (Lipinski definition) is 1.